The van der Waals surface area contributed by atoms with E-state index in [-0.39, 0.29) is 0 Å². The number of aromatic nitrogens is 3. The van der Waals surface area contributed by atoms with Gasteiger partial charge in [-0.25, -0.2) is 9.67 Å². The molecule has 0 bridgehead atoms. The Morgan fingerprint density at radius 2 is 2.00 bits per heavy atom. The standard InChI is InChI=1S/C12H13N3O/c1-8-4-5-11(7-16)12(6-8)15-10(3)13-9(2)14-15/h4-7H,1-3H3. The van der Waals surface area contributed by atoms with Crippen molar-refractivity contribution in [1.29, 1.82) is 0 Å². The van der Waals surface area contributed by atoms with Crippen molar-refractivity contribution in [3.05, 3.63) is 41.0 Å². The Kier molecular flexibility index (Phi) is 2.56. The van der Waals surface area contributed by atoms with E-state index in [1.807, 2.05) is 32.9 Å². The van der Waals surface area contributed by atoms with Gasteiger partial charge < -0.3 is 0 Å². The molecular formula is C12H13N3O. The van der Waals surface area contributed by atoms with E-state index in [1.54, 1.807) is 10.7 Å². The predicted molar refractivity (Wildman–Crippen MR) is 61.0 cm³/mol. The molecule has 0 atom stereocenters. The molecular weight excluding hydrogens is 202 g/mol. The molecule has 0 fully saturated rings. The number of carbonyl (C=O) groups is 1. The number of benzene rings is 1. The van der Waals surface area contributed by atoms with Gasteiger partial charge in [0.2, 0.25) is 0 Å². The van der Waals surface area contributed by atoms with Gasteiger partial charge in [0.15, 0.2) is 6.29 Å². The number of aryl methyl sites for hydroxylation is 3. The summed E-state index contributed by atoms with van der Waals surface area (Å²) in [6, 6.07) is 5.64. The van der Waals surface area contributed by atoms with Gasteiger partial charge in [0.1, 0.15) is 11.6 Å². The molecule has 2 rings (SSSR count). The minimum absolute atomic E-state index is 0.624. The van der Waals surface area contributed by atoms with E-state index >= 15 is 0 Å². The van der Waals surface area contributed by atoms with Crippen molar-refractivity contribution in [2.75, 3.05) is 0 Å². The highest BCUT2D eigenvalue weighted by molar-refractivity contribution is 5.81. The SMILES string of the molecule is Cc1ccc(C=O)c(-n2nc(C)nc2C)c1. The Hall–Kier alpha value is -1.97. The van der Waals surface area contributed by atoms with E-state index < -0.39 is 0 Å². The van der Waals surface area contributed by atoms with Gasteiger partial charge in [-0.15, -0.1) is 0 Å². The van der Waals surface area contributed by atoms with E-state index in [2.05, 4.69) is 10.1 Å². The summed E-state index contributed by atoms with van der Waals surface area (Å²) in [4.78, 5) is 15.2. The smallest absolute Gasteiger partial charge is 0.152 e. The van der Waals surface area contributed by atoms with Crippen LogP contribution in [0.1, 0.15) is 27.6 Å². The Balaban J connectivity index is 2.66. The van der Waals surface area contributed by atoms with Crippen LogP contribution in [0.3, 0.4) is 0 Å². The van der Waals surface area contributed by atoms with Gasteiger partial charge in [-0.05, 0) is 38.5 Å². The molecule has 0 saturated heterocycles. The first-order chi connectivity index (χ1) is 7.61. The van der Waals surface area contributed by atoms with Crippen LogP contribution in [0.15, 0.2) is 18.2 Å². The number of hydrogen-bond acceptors (Lipinski definition) is 3. The molecule has 0 spiro atoms. The molecule has 82 valence electrons. The molecule has 4 heteroatoms. The van der Waals surface area contributed by atoms with E-state index in [0.29, 0.717) is 11.4 Å². The highest BCUT2D eigenvalue weighted by Gasteiger charge is 2.09. The molecule has 0 N–H and O–H groups in total. The summed E-state index contributed by atoms with van der Waals surface area (Å²) in [6.07, 6.45) is 0.839. The fourth-order valence-corrected chi connectivity index (χ4v) is 1.69. The van der Waals surface area contributed by atoms with Crippen LogP contribution in [0.25, 0.3) is 5.69 Å². The number of nitrogens with zero attached hydrogens (tertiary/aromatic N) is 3. The van der Waals surface area contributed by atoms with Crippen LogP contribution in [-0.4, -0.2) is 21.1 Å². The maximum atomic E-state index is 11.0. The first kappa shape index (κ1) is 10.5. The summed E-state index contributed by atoms with van der Waals surface area (Å²) >= 11 is 0. The van der Waals surface area contributed by atoms with Crippen LogP contribution in [0.4, 0.5) is 0 Å². The highest BCUT2D eigenvalue weighted by Crippen LogP contribution is 2.16. The number of aldehydes is 1. The lowest BCUT2D eigenvalue weighted by Crippen LogP contribution is -2.03. The highest BCUT2D eigenvalue weighted by atomic mass is 16.1. The van der Waals surface area contributed by atoms with Crippen molar-refractivity contribution in [3.63, 3.8) is 0 Å². The molecule has 0 amide bonds. The molecule has 1 aromatic heterocycles. The molecule has 2 aromatic rings. The molecule has 0 aliphatic rings. The van der Waals surface area contributed by atoms with Crippen molar-refractivity contribution >= 4 is 6.29 Å². The summed E-state index contributed by atoms with van der Waals surface area (Å²) in [7, 11) is 0. The Labute approximate surface area is 93.9 Å². The van der Waals surface area contributed by atoms with Gasteiger partial charge in [0, 0.05) is 5.56 Å². The summed E-state index contributed by atoms with van der Waals surface area (Å²) < 4.78 is 1.70. The first-order valence-corrected chi connectivity index (χ1v) is 5.08. The van der Waals surface area contributed by atoms with Gasteiger partial charge in [-0.1, -0.05) is 6.07 Å². The number of hydrogen-bond donors (Lipinski definition) is 0. The lowest BCUT2D eigenvalue weighted by Gasteiger charge is -2.07. The molecule has 0 aliphatic heterocycles. The fraction of sp³-hybridized carbons (Fsp3) is 0.250. The summed E-state index contributed by atoms with van der Waals surface area (Å²) in [5.74, 6) is 1.49. The van der Waals surface area contributed by atoms with Crippen LogP contribution in [-0.2, 0) is 0 Å². The third-order valence-electron chi connectivity index (χ3n) is 2.42. The molecule has 0 saturated carbocycles. The molecule has 1 heterocycles. The quantitative estimate of drug-likeness (QED) is 0.720. The van der Waals surface area contributed by atoms with Crippen LogP contribution >= 0.6 is 0 Å². The summed E-state index contributed by atoms with van der Waals surface area (Å²) in [6.45, 7) is 5.69. The van der Waals surface area contributed by atoms with Gasteiger partial charge in [-0.2, -0.15) is 5.10 Å². The van der Waals surface area contributed by atoms with Crippen molar-refractivity contribution in [3.8, 4) is 5.69 Å². The monoisotopic (exact) mass is 215 g/mol. The summed E-state index contributed by atoms with van der Waals surface area (Å²) in [5.41, 5.74) is 2.50. The molecule has 4 nitrogen and oxygen atoms in total. The lowest BCUT2D eigenvalue weighted by atomic mass is 10.1. The second-order valence-corrected chi connectivity index (χ2v) is 3.80. The molecule has 0 radical (unpaired) electrons. The predicted octanol–water partition coefficient (Wildman–Crippen LogP) is 2.01. The largest absolute Gasteiger partial charge is 0.298 e. The Bertz CT molecular complexity index is 543. The maximum absolute atomic E-state index is 11.0. The van der Waals surface area contributed by atoms with E-state index in [1.165, 1.54) is 0 Å². The zero-order valence-corrected chi connectivity index (χ0v) is 9.56. The second-order valence-electron chi connectivity index (χ2n) is 3.80. The maximum Gasteiger partial charge on any atom is 0.152 e. The van der Waals surface area contributed by atoms with Crippen LogP contribution in [0, 0.1) is 20.8 Å². The lowest BCUT2D eigenvalue weighted by molar-refractivity contribution is 0.112. The van der Waals surface area contributed by atoms with Crippen molar-refractivity contribution < 1.29 is 4.79 Å². The average molecular weight is 215 g/mol. The Morgan fingerprint density at radius 1 is 1.25 bits per heavy atom. The second kappa shape index (κ2) is 3.89. The molecule has 1 aromatic carbocycles. The number of rotatable bonds is 2. The average Bonchev–Trinajstić information content (AvgIpc) is 2.57. The van der Waals surface area contributed by atoms with Crippen LogP contribution in [0.2, 0.25) is 0 Å². The van der Waals surface area contributed by atoms with Gasteiger partial charge in [-0.3, -0.25) is 4.79 Å². The van der Waals surface area contributed by atoms with Crippen molar-refractivity contribution in [1.82, 2.24) is 14.8 Å². The topological polar surface area (TPSA) is 47.8 Å². The Morgan fingerprint density at radius 3 is 2.56 bits per heavy atom. The third-order valence-corrected chi connectivity index (χ3v) is 2.42. The van der Waals surface area contributed by atoms with Crippen molar-refractivity contribution in [2.45, 2.75) is 20.8 Å². The molecule has 16 heavy (non-hydrogen) atoms. The van der Waals surface area contributed by atoms with Gasteiger partial charge in [0.25, 0.3) is 0 Å². The first-order valence-electron chi connectivity index (χ1n) is 5.08. The minimum atomic E-state index is 0.624. The van der Waals surface area contributed by atoms with Gasteiger partial charge >= 0.3 is 0 Å². The van der Waals surface area contributed by atoms with Crippen molar-refractivity contribution in [2.24, 2.45) is 0 Å². The summed E-state index contributed by atoms with van der Waals surface area (Å²) in [5, 5.41) is 4.28. The molecule has 0 aliphatic carbocycles. The van der Waals surface area contributed by atoms with Crippen LogP contribution < -0.4 is 0 Å². The zero-order valence-electron chi connectivity index (χ0n) is 9.56. The molecule has 0 unspecified atom stereocenters. The third kappa shape index (κ3) is 1.74. The van der Waals surface area contributed by atoms with E-state index in [9.17, 15) is 4.79 Å². The number of carbonyl (C=O) groups excluding carboxylic acids is 1. The fourth-order valence-electron chi connectivity index (χ4n) is 1.69. The van der Waals surface area contributed by atoms with E-state index in [0.717, 1.165) is 23.4 Å². The van der Waals surface area contributed by atoms with Crippen LogP contribution in [0.5, 0.6) is 0 Å². The zero-order chi connectivity index (χ0) is 11.7. The normalized spacial score (nSPS) is 10.4. The minimum Gasteiger partial charge on any atom is -0.298 e. The van der Waals surface area contributed by atoms with E-state index in [4.69, 9.17) is 0 Å². The van der Waals surface area contributed by atoms with Gasteiger partial charge in [0.05, 0.1) is 5.69 Å².